The topological polar surface area (TPSA) is 12.0 Å². The Balaban J connectivity index is 1.99. The summed E-state index contributed by atoms with van der Waals surface area (Å²) in [6.07, 6.45) is 1.07. The Morgan fingerprint density at radius 1 is 1.33 bits per heavy atom. The summed E-state index contributed by atoms with van der Waals surface area (Å²) >= 11 is 11.1. The van der Waals surface area contributed by atoms with Crippen LogP contribution in [-0.2, 0) is 6.54 Å². The first-order chi connectivity index (χ1) is 8.69. The molecule has 0 aliphatic carbocycles. The van der Waals surface area contributed by atoms with E-state index in [4.69, 9.17) is 11.6 Å². The van der Waals surface area contributed by atoms with Gasteiger partial charge in [-0.1, -0.05) is 46.6 Å². The first-order valence-electron chi connectivity index (χ1n) is 5.90. The smallest absolute Gasteiger partial charge is 0.0516 e. The molecule has 1 nitrogen and oxygen atoms in total. The highest BCUT2D eigenvalue weighted by Crippen LogP contribution is 2.22. The summed E-state index contributed by atoms with van der Waals surface area (Å²) in [5, 5.41) is 6.37. The highest BCUT2D eigenvalue weighted by Gasteiger charge is 2.09. The van der Waals surface area contributed by atoms with Crippen LogP contribution in [0.4, 0.5) is 0 Å². The van der Waals surface area contributed by atoms with Crippen LogP contribution >= 0.6 is 38.9 Å². The van der Waals surface area contributed by atoms with Crippen molar-refractivity contribution in [2.24, 2.45) is 0 Å². The number of rotatable bonds is 5. The van der Waals surface area contributed by atoms with Crippen molar-refractivity contribution in [2.45, 2.75) is 25.9 Å². The number of hydrogen-bond acceptors (Lipinski definition) is 2. The molecule has 1 N–H and O–H groups in total. The van der Waals surface area contributed by atoms with E-state index in [9.17, 15) is 0 Å². The van der Waals surface area contributed by atoms with Crippen LogP contribution in [0.5, 0.6) is 0 Å². The van der Waals surface area contributed by atoms with Gasteiger partial charge in [0.05, 0.1) is 5.02 Å². The van der Waals surface area contributed by atoms with Gasteiger partial charge in [0, 0.05) is 27.3 Å². The van der Waals surface area contributed by atoms with E-state index < -0.39 is 0 Å². The zero-order valence-electron chi connectivity index (χ0n) is 10.1. The lowest BCUT2D eigenvalue weighted by atomic mass is 10.0. The maximum absolute atomic E-state index is 5.92. The molecule has 0 saturated heterocycles. The summed E-state index contributed by atoms with van der Waals surface area (Å²) < 4.78 is 1.12. The molecule has 0 saturated carbocycles. The normalized spacial score (nSPS) is 12.6. The van der Waals surface area contributed by atoms with Crippen molar-refractivity contribution in [3.8, 4) is 0 Å². The van der Waals surface area contributed by atoms with E-state index in [-0.39, 0.29) is 0 Å². The number of nitrogens with one attached hydrogen (secondary N) is 1. The van der Waals surface area contributed by atoms with Gasteiger partial charge in [-0.2, -0.15) is 0 Å². The number of hydrogen-bond donors (Lipinski definition) is 1. The van der Waals surface area contributed by atoms with Crippen molar-refractivity contribution >= 4 is 38.9 Å². The first kappa shape index (κ1) is 14.1. The highest BCUT2D eigenvalue weighted by molar-refractivity contribution is 9.10. The second-order valence-electron chi connectivity index (χ2n) is 4.12. The molecule has 18 heavy (non-hydrogen) atoms. The fourth-order valence-corrected chi connectivity index (χ4v) is 3.15. The van der Waals surface area contributed by atoms with Gasteiger partial charge in [0.25, 0.3) is 0 Å². The van der Waals surface area contributed by atoms with Gasteiger partial charge in [-0.3, -0.25) is 0 Å². The Labute approximate surface area is 125 Å². The minimum atomic E-state index is 0.388. The zero-order chi connectivity index (χ0) is 13.0. The second-order valence-corrected chi connectivity index (χ2v) is 6.47. The van der Waals surface area contributed by atoms with Crippen molar-refractivity contribution in [1.82, 2.24) is 5.32 Å². The Hall–Kier alpha value is -0.350. The molecular weight excluding hydrogens is 330 g/mol. The molecule has 96 valence electrons. The summed E-state index contributed by atoms with van der Waals surface area (Å²) in [6, 6.07) is 10.9. The molecule has 1 aromatic heterocycles. The van der Waals surface area contributed by atoms with E-state index >= 15 is 0 Å². The van der Waals surface area contributed by atoms with Crippen LogP contribution in [-0.4, -0.2) is 0 Å². The molecule has 2 aromatic rings. The van der Waals surface area contributed by atoms with Gasteiger partial charge in [0.15, 0.2) is 0 Å². The van der Waals surface area contributed by atoms with E-state index in [1.165, 1.54) is 10.4 Å². The predicted octanol–water partition coefficient (Wildman–Crippen LogP) is 5.40. The minimum absolute atomic E-state index is 0.388. The molecule has 0 aliphatic rings. The Kier molecular flexibility index (Phi) is 5.25. The van der Waals surface area contributed by atoms with Crippen molar-refractivity contribution < 1.29 is 0 Å². The van der Waals surface area contributed by atoms with E-state index in [1.807, 2.05) is 11.4 Å². The average molecular weight is 345 g/mol. The maximum Gasteiger partial charge on any atom is 0.0516 e. The van der Waals surface area contributed by atoms with Gasteiger partial charge in [-0.05, 0) is 30.2 Å². The second kappa shape index (κ2) is 6.71. The van der Waals surface area contributed by atoms with Crippen LogP contribution in [0.25, 0.3) is 0 Å². The van der Waals surface area contributed by atoms with E-state index in [1.54, 1.807) is 11.3 Å². The van der Waals surface area contributed by atoms with Gasteiger partial charge >= 0.3 is 0 Å². The quantitative estimate of drug-likeness (QED) is 0.765. The number of benzene rings is 1. The van der Waals surface area contributed by atoms with Crippen LogP contribution in [0.15, 0.2) is 40.2 Å². The maximum atomic E-state index is 5.92. The highest BCUT2D eigenvalue weighted by atomic mass is 79.9. The molecule has 4 heteroatoms. The molecule has 0 amide bonds. The van der Waals surface area contributed by atoms with Gasteiger partial charge in [0.1, 0.15) is 0 Å². The molecule has 0 aliphatic heterocycles. The molecule has 1 atom stereocenters. The fraction of sp³-hybridized carbons (Fsp3) is 0.286. The number of thiophene rings is 1. The van der Waals surface area contributed by atoms with Gasteiger partial charge in [-0.15, -0.1) is 11.3 Å². The van der Waals surface area contributed by atoms with Crippen LogP contribution in [0.1, 0.15) is 29.8 Å². The average Bonchev–Trinajstić information content (AvgIpc) is 2.78. The molecule has 0 radical (unpaired) electrons. The van der Waals surface area contributed by atoms with E-state index in [0.717, 1.165) is 22.5 Å². The molecule has 0 fully saturated rings. The molecule has 0 bridgehead atoms. The van der Waals surface area contributed by atoms with Crippen LogP contribution in [0, 0.1) is 0 Å². The molecule has 0 spiro atoms. The monoisotopic (exact) mass is 343 g/mol. The third kappa shape index (κ3) is 3.82. The summed E-state index contributed by atoms with van der Waals surface area (Å²) in [5.41, 5.74) is 1.32. The Morgan fingerprint density at radius 2 is 2.06 bits per heavy atom. The summed E-state index contributed by atoms with van der Waals surface area (Å²) in [5.74, 6) is 0. The van der Waals surface area contributed by atoms with Gasteiger partial charge in [0.2, 0.25) is 0 Å². The Bertz CT molecular complexity index is 495. The first-order valence-corrected chi connectivity index (χ1v) is 7.96. The minimum Gasteiger partial charge on any atom is -0.305 e. The zero-order valence-corrected chi connectivity index (χ0v) is 13.3. The standard InChI is InChI=1S/C14H15BrClNS/c1-2-14(10-3-5-11(15)6-4-10)17-8-13-7-12(16)9-18-13/h3-7,9,14,17H,2,8H2,1H3. The lowest BCUT2D eigenvalue weighted by Gasteiger charge is -2.17. The fourth-order valence-electron chi connectivity index (χ4n) is 1.86. The van der Waals surface area contributed by atoms with Crippen molar-refractivity contribution in [3.05, 3.63) is 55.6 Å². The summed E-state index contributed by atoms with van der Waals surface area (Å²) in [4.78, 5) is 1.27. The van der Waals surface area contributed by atoms with Gasteiger partial charge in [-0.25, -0.2) is 0 Å². The molecular formula is C14H15BrClNS. The van der Waals surface area contributed by atoms with Crippen LogP contribution in [0.2, 0.25) is 5.02 Å². The van der Waals surface area contributed by atoms with Crippen LogP contribution in [0.3, 0.4) is 0 Å². The Morgan fingerprint density at radius 3 is 2.61 bits per heavy atom. The molecule has 1 aromatic carbocycles. The predicted molar refractivity (Wildman–Crippen MR) is 83.3 cm³/mol. The van der Waals surface area contributed by atoms with Crippen molar-refractivity contribution in [2.75, 3.05) is 0 Å². The SMILES string of the molecule is CCC(NCc1cc(Cl)cs1)c1ccc(Br)cc1. The third-order valence-corrected chi connectivity index (χ3v) is 4.64. The van der Waals surface area contributed by atoms with Gasteiger partial charge < -0.3 is 5.32 Å². The summed E-state index contributed by atoms with van der Waals surface area (Å²) in [6.45, 7) is 3.06. The lowest BCUT2D eigenvalue weighted by Crippen LogP contribution is -2.19. The molecule has 1 heterocycles. The molecule has 1 unspecified atom stereocenters. The third-order valence-electron chi connectivity index (χ3n) is 2.83. The van der Waals surface area contributed by atoms with Crippen molar-refractivity contribution in [1.29, 1.82) is 0 Å². The number of halogens is 2. The van der Waals surface area contributed by atoms with E-state index in [2.05, 4.69) is 52.4 Å². The largest absolute Gasteiger partial charge is 0.305 e. The summed E-state index contributed by atoms with van der Waals surface area (Å²) in [7, 11) is 0. The van der Waals surface area contributed by atoms with Crippen LogP contribution < -0.4 is 5.32 Å². The van der Waals surface area contributed by atoms with E-state index in [0.29, 0.717) is 6.04 Å². The lowest BCUT2D eigenvalue weighted by molar-refractivity contribution is 0.522. The van der Waals surface area contributed by atoms with Crippen molar-refractivity contribution in [3.63, 3.8) is 0 Å². The molecule has 2 rings (SSSR count).